The number of anilines is 1. The van der Waals surface area contributed by atoms with Crippen LogP contribution in [0.1, 0.15) is 5.56 Å². The highest BCUT2D eigenvalue weighted by molar-refractivity contribution is 5.67. The van der Waals surface area contributed by atoms with Gasteiger partial charge >= 0.3 is 0 Å². The van der Waals surface area contributed by atoms with E-state index in [0.717, 1.165) is 11.3 Å². The maximum Gasteiger partial charge on any atom is 0.0346 e. The maximum absolute atomic E-state index is 4.20. The van der Waals surface area contributed by atoms with E-state index in [1.54, 1.807) is 0 Å². The quantitative estimate of drug-likeness (QED) is 0.802. The number of rotatable bonds is 2. The first-order chi connectivity index (χ1) is 7.29. The highest BCUT2D eigenvalue weighted by Crippen LogP contribution is 2.22. The number of aromatic nitrogens is 1. The van der Waals surface area contributed by atoms with Gasteiger partial charge in [0.15, 0.2) is 0 Å². The summed E-state index contributed by atoms with van der Waals surface area (Å²) in [5.41, 5.74) is 4.65. The fourth-order valence-corrected chi connectivity index (χ4v) is 1.57. The van der Waals surface area contributed by atoms with Crippen molar-refractivity contribution in [3.05, 3.63) is 48.3 Å². The molecule has 0 aliphatic carbocycles. The van der Waals surface area contributed by atoms with Crippen molar-refractivity contribution < 1.29 is 0 Å². The second kappa shape index (κ2) is 4.13. The first kappa shape index (κ1) is 9.71. The summed E-state index contributed by atoms with van der Waals surface area (Å²) in [6, 6.07) is 10.5. The van der Waals surface area contributed by atoms with Crippen LogP contribution in [0.3, 0.4) is 0 Å². The van der Waals surface area contributed by atoms with Crippen molar-refractivity contribution in [3.8, 4) is 11.1 Å². The van der Waals surface area contributed by atoms with Crippen LogP contribution >= 0.6 is 0 Å². The third kappa shape index (κ3) is 2.15. The summed E-state index contributed by atoms with van der Waals surface area (Å²) >= 11 is 0. The van der Waals surface area contributed by atoms with Gasteiger partial charge in [0.05, 0.1) is 0 Å². The topological polar surface area (TPSA) is 24.9 Å². The van der Waals surface area contributed by atoms with Gasteiger partial charge in [-0.2, -0.15) is 0 Å². The summed E-state index contributed by atoms with van der Waals surface area (Å²) in [5.74, 6) is 0. The smallest absolute Gasteiger partial charge is 0.0346 e. The van der Waals surface area contributed by atoms with Crippen LogP contribution in [0.25, 0.3) is 11.1 Å². The Hall–Kier alpha value is -1.83. The van der Waals surface area contributed by atoms with Crippen molar-refractivity contribution in [2.45, 2.75) is 6.92 Å². The van der Waals surface area contributed by atoms with Crippen molar-refractivity contribution in [2.24, 2.45) is 0 Å². The molecule has 1 N–H and O–H groups in total. The van der Waals surface area contributed by atoms with Crippen LogP contribution in [-0.4, -0.2) is 12.0 Å². The Balaban J connectivity index is 2.44. The average Bonchev–Trinajstić information content (AvgIpc) is 2.29. The van der Waals surface area contributed by atoms with E-state index in [2.05, 4.69) is 35.4 Å². The van der Waals surface area contributed by atoms with Gasteiger partial charge in [-0.1, -0.05) is 12.1 Å². The molecule has 0 fully saturated rings. The summed E-state index contributed by atoms with van der Waals surface area (Å²) < 4.78 is 0. The molecule has 2 rings (SSSR count). The van der Waals surface area contributed by atoms with Crippen LogP contribution in [0.2, 0.25) is 0 Å². The lowest BCUT2D eigenvalue weighted by atomic mass is 10.1. The number of hydrogen-bond donors (Lipinski definition) is 1. The van der Waals surface area contributed by atoms with Gasteiger partial charge in [-0.25, -0.2) is 0 Å². The van der Waals surface area contributed by atoms with Crippen LogP contribution in [0.5, 0.6) is 0 Å². The molecule has 2 heteroatoms. The van der Waals surface area contributed by atoms with Gasteiger partial charge in [-0.3, -0.25) is 4.98 Å². The Morgan fingerprint density at radius 3 is 2.67 bits per heavy atom. The van der Waals surface area contributed by atoms with Crippen molar-refractivity contribution in [1.82, 2.24) is 4.98 Å². The number of nitrogens with zero attached hydrogens (tertiary/aromatic N) is 1. The van der Waals surface area contributed by atoms with E-state index in [1.165, 1.54) is 11.1 Å². The average molecular weight is 198 g/mol. The minimum Gasteiger partial charge on any atom is -0.388 e. The molecule has 0 aliphatic rings. The molecule has 0 spiro atoms. The molecule has 76 valence electrons. The molecule has 0 unspecified atom stereocenters. The normalized spacial score (nSPS) is 10.0. The summed E-state index contributed by atoms with van der Waals surface area (Å²) in [5, 5.41) is 3.13. The summed E-state index contributed by atoms with van der Waals surface area (Å²) in [7, 11) is 1.92. The molecule has 0 aliphatic heterocycles. The van der Waals surface area contributed by atoms with Gasteiger partial charge in [-0.15, -0.1) is 0 Å². The minimum absolute atomic E-state index is 1.12. The Bertz CT molecular complexity index is 464. The van der Waals surface area contributed by atoms with Crippen molar-refractivity contribution >= 4 is 5.69 Å². The van der Waals surface area contributed by atoms with E-state index in [4.69, 9.17) is 0 Å². The third-order valence-electron chi connectivity index (χ3n) is 2.36. The molecule has 15 heavy (non-hydrogen) atoms. The predicted octanol–water partition coefficient (Wildman–Crippen LogP) is 3.10. The van der Waals surface area contributed by atoms with E-state index in [-0.39, 0.29) is 0 Å². The SMILES string of the molecule is CNc1cccc(-c2cncc(C)c2)c1. The second-order valence-corrected chi connectivity index (χ2v) is 3.58. The van der Waals surface area contributed by atoms with Crippen LogP contribution in [0.15, 0.2) is 42.7 Å². The molecule has 0 amide bonds. The molecule has 1 aromatic carbocycles. The van der Waals surface area contributed by atoms with Crippen molar-refractivity contribution in [2.75, 3.05) is 12.4 Å². The first-order valence-corrected chi connectivity index (χ1v) is 4.99. The van der Waals surface area contributed by atoms with Gasteiger partial charge in [-0.05, 0) is 36.2 Å². The predicted molar refractivity (Wildman–Crippen MR) is 64.0 cm³/mol. The van der Waals surface area contributed by atoms with E-state index < -0.39 is 0 Å². The Morgan fingerprint density at radius 2 is 1.93 bits per heavy atom. The molecular weight excluding hydrogens is 184 g/mol. The van der Waals surface area contributed by atoms with Gasteiger partial charge in [0, 0.05) is 30.7 Å². The standard InChI is InChI=1S/C13H14N2/c1-10-6-12(9-15-8-10)11-4-3-5-13(7-11)14-2/h3-9,14H,1-2H3. The number of hydrogen-bond acceptors (Lipinski definition) is 2. The largest absolute Gasteiger partial charge is 0.388 e. The van der Waals surface area contributed by atoms with Gasteiger partial charge in [0.2, 0.25) is 0 Å². The lowest BCUT2D eigenvalue weighted by Crippen LogP contribution is -1.88. The van der Waals surface area contributed by atoms with Crippen molar-refractivity contribution in [3.63, 3.8) is 0 Å². The first-order valence-electron chi connectivity index (χ1n) is 4.99. The van der Waals surface area contributed by atoms with E-state index in [0.29, 0.717) is 0 Å². The zero-order valence-corrected chi connectivity index (χ0v) is 8.99. The van der Waals surface area contributed by atoms with Gasteiger partial charge < -0.3 is 5.32 Å². The van der Waals surface area contributed by atoms with Gasteiger partial charge in [0.1, 0.15) is 0 Å². The summed E-state index contributed by atoms with van der Waals surface area (Å²) in [6.45, 7) is 2.05. The highest BCUT2D eigenvalue weighted by Gasteiger charge is 1.98. The van der Waals surface area contributed by atoms with E-state index in [9.17, 15) is 0 Å². The van der Waals surface area contributed by atoms with Crippen LogP contribution in [0.4, 0.5) is 5.69 Å². The van der Waals surface area contributed by atoms with E-state index >= 15 is 0 Å². The van der Waals surface area contributed by atoms with Crippen LogP contribution in [0, 0.1) is 6.92 Å². The number of benzene rings is 1. The number of aryl methyl sites for hydroxylation is 1. The molecule has 0 radical (unpaired) electrons. The molecule has 0 atom stereocenters. The molecule has 2 aromatic rings. The Morgan fingerprint density at radius 1 is 1.07 bits per heavy atom. The van der Waals surface area contributed by atoms with Crippen LogP contribution in [-0.2, 0) is 0 Å². The molecule has 0 bridgehead atoms. The second-order valence-electron chi connectivity index (χ2n) is 3.58. The number of pyridine rings is 1. The molecule has 1 aromatic heterocycles. The Kier molecular flexibility index (Phi) is 2.68. The Labute approximate surface area is 90.0 Å². The summed E-state index contributed by atoms with van der Waals surface area (Å²) in [4.78, 5) is 4.20. The number of nitrogens with one attached hydrogen (secondary N) is 1. The molecule has 2 nitrogen and oxygen atoms in total. The zero-order chi connectivity index (χ0) is 10.7. The van der Waals surface area contributed by atoms with Crippen molar-refractivity contribution in [1.29, 1.82) is 0 Å². The lowest BCUT2D eigenvalue weighted by Gasteiger charge is -2.05. The lowest BCUT2D eigenvalue weighted by molar-refractivity contribution is 1.27. The van der Waals surface area contributed by atoms with E-state index in [1.807, 2.05) is 31.6 Å². The molecule has 1 heterocycles. The minimum atomic E-state index is 1.12. The third-order valence-corrected chi connectivity index (χ3v) is 2.36. The fourth-order valence-electron chi connectivity index (χ4n) is 1.57. The molecule has 0 saturated carbocycles. The monoisotopic (exact) mass is 198 g/mol. The van der Waals surface area contributed by atoms with Gasteiger partial charge in [0.25, 0.3) is 0 Å². The highest BCUT2D eigenvalue weighted by atomic mass is 14.8. The molecule has 0 saturated heterocycles. The summed E-state index contributed by atoms with van der Waals surface area (Å²) in [6.07, 6.45) is 3.76. The van der Waals surface area contributed by atoms with Crippen LogP contribution < -0.4 is 5.32 Å². The molecular formula is C13H14N2. The fraction of sp³-hybridized carbons (Fsp3) is 0.154. The zero-order valence-electron chi connectivity index (χ0n) is 8.99. The maximum atomic E-state index is 4.20.